The molecular formula is C14H19NO4. The highest BCUT2D eigenvalue weighted by molar-refractivity contribution is 5.83. The van der Waals surface area contributed by atoms with E-state index in [0.717, 1.165) is 11.1 Å². The lowest BCUT2D eigenvalue weighted by atomic mass is 10.1. The van der Waals surface area contributed by atoms with Crippen molar-refractivity contribution < 1.29 is 19.4 Å². The Morgan fingerprint density at radius 3 is 2.68 bits per heavy atom. The minimum atomic E-state index is -0.719. The fourth-order valence-electron chi connectivity index (χ4n) is 1.80. The van der Waals surface area contributed by atoms with Gasteiger partial charge >= 0.3 is 0 Å². The summed E-state index contributed by atoms with van der Waals surface area (Å²) in [4.78, 5) is 0. The number of hydrogen-bond acceptors (Lipinski definition) is 5. The Bertz CT molecular complexity index is 545. The standard InChI is InChI=1S/C14H19NO4/c1-14(8-16,9-17)15-7-11-6-10-4-3-5-12(18-2)13(10)19-11/h3-6,15-17H,7-9H2,1-2H3. The molecule has 2 aromatic rings. The molecule has 0 bridgehead atoms. The molecule has 1 aromatic carbocycles. The third-order valence-electron chi connectivity index (χ3n) is 3.17. The number of rotatable bonds is 6. The zero-order valence-electron chi connectivity index (χ0n) is 11.1. The highest BCUT2D eigenvalue weighted by Gasteiger charge is 2.22. The molecule has 104 valence electrons. The molecule has 5 nitrogen and oxygen atoms in total. The van der Waals surface area contributed by atoms with Crippen molar-refractivity contribution >= 4 is 11.0 Å². The Balaban J connectivity index is 2.18. The zero-order chi connectivity index (χ0) is 13.9. The van der Waals surface area contributed by atoms with E-state index in [4.69, 9.17) is 9.15 Å². The van der Waals surface area contributed by atoms with Crippen molar-refractivity contribution in [3.63, 3.8) is 0 Å². The topological polar surface area (TPSA) is 74.9 Å². The summed E-state index contributed by atoms with van der Waals surface area (Å²) in [6.07, 6.45) is 0. The van der Waals surface area contributed by atoms with Crippen LogP contribution in [-0.4, -0.2) is 36.1 Å². The van der Waals surface area contributed by atoms with Crippen molar-refractivity contribution in [2.24, 2.45) is 0 Å². The second-order valence-corrected chi connectivity index (χ2v) is 4.82. The number of para-hydroxylation sites is 1. The Hall–Kier alpha value is -1.56. The first-order valence-corrected chi connectivity index (χ1v) is 6.14. The molecule has 0 fully saturated rings. The Kier molecular flexibility index (Phi) is 4.09. The van der Waals surface area contributed by atoms with Crippen LogP contribution in [-0.2, 0) is 6.54 Å². The van der Waals surface area contributed by atoms with Crippen molar-refractivity contribution in [3.05, 3.63) is 30.0 Å². The zero-order valence-corrected chi connectivity index (χ0v) is 11.1. The van der Waals surface area contributed by atoms with Crippen LogP contribution < -0.4 is 10.1 Å². The third kappa shape index (κ3) is 2.89. The SMILES string of the molecule is COc1cccc2cc(CNC(C)(CO)CO)oc12. The van der Waals surface area contributed by atoms with Crippen LogP contribution in [0.3, 0.4) is 0 Å². The Morgan fingerprint density at radius 2 is 2.05 bits per heavy atom. The number of ether oxygens (including phenoxy) is 1. The van der Waals surface area contributed by atoms with Crippen molar-refractivity contribution in [2.75, 3.05) is 20.3 Å². The second-order valence-electron chi connectivity index (χ2n) is 4.82. The van der Waals surface area contributed by atoms with Gasteiger partial charge in [-0.1, -0.05) is 12.1 Å². The first-order chi connectivity index (χ1) is 9.11. The van der Waals surface area contributed by atoms with Crippen LogP contribution in [0.2, 0.25) is 0 Å². The average molecular weight is 265 g/mol. The number of methoxy groups -OCH3 is 1. The van der Waals surface area contributed by atoms with Crippen LogP contribution in [0.25, 0.3) is 11.0 Å². The van der Waals surface area contributed by atoms with Crippen LogP contribution in [0.5, 0.6) is 5.75 Å². The maximum Gasteiger partial charge on any atom is 0.176 e. The summed E-state index contributed by atoms with van der Waals surface area (Å²) in [6, 6.07) is 7.61. The smallest absolute Gasteiger partial charge is 0.176 e. The first-order valence-electron chi connectivity index (χ1n) is 6.14. The molecule has 1 aromatic heterocycles. The molecular weight excluding hydrogens is 246 g/mol. The molecule has 0 radical (unpaired) electrons. The molecule has 1 heterocycles. The van der Waals surface area contributed by atoms with Gasteiger partial charge < -0.3 is 24.7 Å². The molecule has 0 amide bonds. The minimum absolute atomic E-state index is 0.146. The van der Waals surface area contributed by atoms with Gasteiger partial charge in [0.25, 0.3) is 0 Å². The highest BCUT2D eigenvalue weighted by Crippen LogP contribution is 2.28. The number of furan rings is 1. The molecule has 0 atom stereocenters. The van der Waals surface area contributed by atoms with Crippen molar-refractivity contribution in [3.8, 4) is 5.75 Å². The van der Waals surface area contributed by atoms with Crippen LogP contribution in [0.4, 0.5) is 0 Å². The van der Waals surface area contributed by atoms with Crippen molar-refractivity contribution in [1.82, 2.24) is 5.32 Å². The minimum Gasteiger partial charge on any atom is -0.493 e. The van der Waals surface area contributed by atoms with E-state index in [2.05, 4.69) is 5.32 Å². The number of hydrogen-bond donors (Lipinski definition) is 3. The molecule has 0 aliphatic rings. The molecule has 5 heteroatoms. The van der Waals surface area contributed by atoms with Gasteiger partial charge in [0.05, 0.1) is 32.4 Å². The van der Waals surface area contributed by atoms with E-state index in [1.54, 1.807) is 14.0 Å². The lowest BCUT2D eigenvalue weighted by Gasteiger charge is -2.25. The van der Waals surface area contributed by atoms with Crippen molar-refractivity contribution in [1.29, 1.82) is 0 Å². The van der Waals surface area contributed by atoms with Gasteiger partial charge in [0.2, 0.25) is 0 Å². The van der Waals surface area contributed by atoms with E-state index >= 15 is 0 Å². The average Bonchev–Trinajstić information content (AvgIpc) is 2.87. The van der Waals surface area contributed by atoms with Crippen LogP contribution in [0, 0.1) is 0 Å². The predicted molar refractivity (Wildman–Crippen MR) is 72.2 cm³/mol. The molecule has 19 heavy (non-hydrogen) atoms. The fraction of sp³-hybridized carbons (Fsp3) is 0.429. The van der Waals surface area contributed by atoms with E-state index in [1.165, 1.54) is 0 Å². The molecule has 0 spiro atoms. The van der Waals surface area contributed by atoms with E-state index in [1.807, 2.05) is 24.3 Å². The van der Waals surface area contributed by atoms with Gasteiger partial charge in [0.15, 0.2) is 11.3 Å². The van der Waals surface area contributed by atoms with Crippen LogP contribution >= 0.6 is 0 Å². The Labute approximate surface area is 111 Å². The van der Waals surface area contributed by atoms with Gasteiger partial charge in [-0.05, 0) is 19.1 Å². The van der Waals surface area contributed by atoms with Gasteiger partial charge in [-0.25, -0.2) is 0 Å². The normalized spacial score (nSPS) is 12.0. The summed E-state index contributed by atoms with van der Waals surface area (Å²) in [5.41, 5.74) is -0.0141. The second kappa shape index (κ2) is 5.61. The fourth-order valence-corrected chi connectivity index (χ4v) is 1.80. The van der Waals surface area contributed by atoms with E-state index in [9.17, 15) is 10.2 Å². The number of aliphatic hydroxyl groups excluding tert-OH is 2. The van der Waals surface area contributed by atoms with E-state index < -0.39 is 5.54 Å². The maximum absolute atomic E-state index is 9.21. The third-order valence-corrected chi connectivity index (χ3v) is 3.17. The quantitative estimate of drug-likeness (QED) is 0.733. The predicted octanol–water partition coefficient (Wildman–Crippen LogP) is 1.27. The molecule has 0 aliphatic heterocycles. The van der Waals surface area contributed by atoms with E-state index in [-0.39, 0.29) is 13.2 Å². The summed E-state index contributed by atoms with van der Waals surface area (Å²) in [7, 11) is 1.60. The first kappa shape index (κ1) is 13.9. The van der Waals surface area contributed by atoms with Crippen molar-refractivity contribution in [2.45, 2.75) is 19.0 Å². The molecule has 0 aliphatic carbocycles. The Morgan fingerprint density at radius 1 is 1.32 bits per heavy atom. The molecule has 0 unspecified atom stereocenters. The molecule has 2 rings (SSSR count). The number of nitrogens with one attached hydrogen (secondary N) is 1. The van der Waals surface area contributed by atoms with Gasteiger partial charge in [-0.15, -0.1) is 0 Å². The van der Waals surface area contributed by atoms with Gasteiger partial charge in [0, 0.05) is 5.39 Å². The van der Waals surface area contributed by atoms with Crippen LogP contribution in [0.15, 0.2) is 28.7 Å². The van der Waals surface area contributed by atoms with Gasteiger partial charge in [-0.3, -0.25) is 0 Å². The lowest BCUT2D eigenvalue weighted by molar-refractivity contribution is 0.101. The molecule has 0 saturated carbocycles. The van der Waals surface area contributed by atoms with Crippen LogP contribution in [0.1, 0.15) is 12.7 Å². The lowest BCUT2D eigenvalue weighted by Crippen LogP contribution is -2.48. The molecule has 0 saturated heterocycles. The maximum atomic E-state index is 9.21. The largest absolute Gasteiger partial charge is 0.493 e. The summed E-state index contributed by atoms with van der Waals surface area (Å²) in [6.45, 7) is 1.88. The van der Waals surface area contributed by atoms with Gasteiger partial charge in [0.1, 0.15) is 5.76 Å². The number of fused-ring (bicyclic) bond motifs is 1. The molecule has 3 N–H and O–H groups in total. The van der Waals surface area contributed by atoms with E-state index in [0.29, 0.717) is 17.9 Å². The summed E-state index contributed by atoms with van der Waals surface area (Å²) < 4.78 is 11.0. The van der Waals surface area contributed by atoms with Gasteiger partial charge in [-0.2, -0.15) is 0 Å². The monoisotopic (exact) mass is 265 g/mol. The summed E-state index contributed by atoms with van der Waals surface area (Å²) in [5, 5.41) is 22.5. The highest BCUT2D eigenvalue weighted by atomic mass is 16.5. The number of aliphatic hydroxyl groups is 2. The summed E-state index contributed by atoms with van der Waals surface area (Å²) in [5.74, 6) is 1.42. The number of benzene rings is 1. The summed E-state index contributed by atoms with van der Waals surface area (Å²) >= 11 is 0.